The number of ether oxygens (including phenoxy) is 1. The van der Waals surface area contributed by atoms with E-state index in [0.717, 1.165) is 6.61 Å². The SMILES string of the molecule is C[Si](C)(C)CC1CCCO1. The maximum atomic E-state index is 5.56. The van der Waals surface area contributed by atoms with Crippen LogP contribution in [-0.4, -0.2) is 20.8 Å². The van der Waals surface area contributed by atoms with Gasteiger partial charge in [-0.05, 0) is 18.9 Å². The van der Waals surface area contributed by atoms with E-state index in [1.807, 2.05) is 0 Å². The van der Waals surface area contributed by atoms with Crippen molar-refractivity contribution in [3.8, 4) is 0 Å². The van der Waals surface area contributed by atoms with Crippen molar-refractivity contribution in [3.05, 3.63) is 0 Å². The summed E-state index contributed by atoms with van der Waals surface area (Å²) in [6.07, 6.45) is 3.21. The lowest BCUT2D eigenvalue weighted by Gasteiger charge is -2.19. The number of hydrogen-bond donors (Lipinski definition) is 0. The molecule has 0 aromatic heterocycles. The molecule has 1 heterocycles. The molecule has 1 unspecified atom stereocenters. The molecule has 0 aromatic rings. The molecule has 0 aromatic carbocycles. The van der Waals surface area contributed by atoms with E-state index < -0.39 is 8.07 Å². The van der Waals surface area contributed by atoms with Gasteiger partial charge in [-0.25, -0.2) is 0 Å². The van der Waals surface area contributed by atoms with Crippen LogP contribution in [-0.2, 0) is 4.74 Å². The third-order valence-corrected chi connectivity index (χ3v) is 3.54. The number of rotatable bonds is 2. The Labute approximate surface area is 64.8 Å². The Bertz CT molecular complexity index is 100. The van der Waals surface area contributed by atoms with Crippen LogP contribution in [0.4, 0.5) is 0 Å². The van der Waals surface area contributed by atoms with Gasteiger partial charge in [0.05, 0.1) is 6.10 Å². The molecule has 1 saturated heterocycles. The highest BCUT2D eigenvalue weighted by molar-refractivity contribution is 6.76. The maximum absolute atomic E-state index is 5.56. The molecule has 1 atom stereocenters. The standard InChI is InChI=1S/C8H18OSi/c1-10(2,3)7-8-5-4-6-9-8/h8H,4-7H2,1-3H3. The third kappa shape index (κ3) is 2.84. The average molecular weight is 158 g/mol. The molecule has 60 valence electrons. The Morgan fingerprint density at radius 1 is 1.40 bits per heavy atom. The van der Waals surface area contributed by atoms with Crippen LogP contribution in [0.2, 0.25) is 25.7 Å². The zero-order valence-corrected chi connectivity index (χ0v) is 8.31. The van der Waals surface area contributed by atoms with Gasteiger partial charge in [0.2, 0.25) is 0 Å². The highest BCUT2D eigenvalue weighted by atomic mass is 28.3. The van der Waals surface area contributed by atoms with Gasteiger partial charge in [0.15, 0.2) is 0 Å². The lowest BCUT2D eigenvalue weighted by atomic mass is 10.3. The minimum absolute atomic E-state index is 0.617. The summed E-state index contributed by atoms with van der Waals surface area (Å²) in [6.45, 7) is 8.24. The molecule has 10 heavy (non-hydrogen) atoms. The van der Waals surface area contributed by atoms with Gasteiger partial charge in [-0.2, -0.15) is 0 Å². The minimum Gasteiger partial charge on any atom is -0.379 e. The normalized spacial score (nSPS) is 27.3. The van der Waals surface area contributed by atoms with Crippen LogP contribution in [0, 0.1) is 0 Å². The highest BCUT2D eigenvalue weighted by Crippen LogP contribution is 2.22. The molecular weight excluding hydrogens is 140 g/mol. The molecule has 1 aliphatic rings. The fourth-order valence-corrected chi connectivity index (χ4v) is 3.18. The summed E-state index contributed by atoms with van der Waals surface area (Å²) in [5, 5.41) is 0. The topological polar surface area (TPSA) is 9.23 Å². The predicted octanol–water partition coefficient (Wildman–Crippen LogP) is 2.50. The second-order valence-corrected chi connectivity index (χ2v) is 9.93. The van der Waals surface area contributed by atoms with Gasteiger partial charge in [-0.1, -0.05) is 19.6 Å². The van der Waals surface area contributed by atoms with Crippen LogP contribution in [0.3, 0.4) is 0 Å². The first kappa shape index (κ1) is 8.28. The Morgan fingerprint density at radius 2 is 2.10 bits per heavy atom. The molecule has 0 radical (unpaired) electrons. The third-order valence-electron chi connectivity index (χ3n) is 1.86. The zero-order chi connectivity index (χ0) is 7.61. The van der Waals surface area contributed by atoms with Crippen LogP contribution in [0.1, 0.15) is 12.8 Å². The molecule has 2 heteroatoms. The summed E-state index contributed by atoms with van der Waals surface area (Å²) in [7, 11) is -0.847. The van der Waals surface area contributed by atoms with Crippen molar-refractivity contribution in [2.45, 2.75) is 44.6 Å². The predicted molar refractivity (Wildman–Crippen MR) is 47.1 cm³/mol. The fourth-order valence-electron chi connectivity index (χ4n) is 1.49. The van der Waals surface area contributed by atoms with Gasteiger partial charge >= 0.3 is 0 Å². The van der Waals surface area contributed by atoms with Gasteiger partial charge in [0.1, 0.15) is 0 Å². The van der Waals surface area contributed by atoms with Gasteiger partial charge in [0.25, 0.3) is 0 Å². The summed E-state index contributed by atoms with van der Waals surface area (Å²) in [4.78, 5) is 0. The molecule has 0 spiro atoms. The van der Waals surface area contributed by atoms with Crippen molar-refractivity contribution >= 4 is 8.07 Å². The Balaban J connectivity index is 2.24. The molecule has 1 nitrogen and oxygen atoms in total. The summed E-state index contributed by atoms with van der Waals surface area (Å²) < 4.78 is 5.56. The van der Waals surface area contributed by atoms with Crippen LogP contribution in [0.25, 0.3) is 0 Å². The monoisotopic (exact) mass is 158 g/mol. The largest absolute Gasteiger partial charge is 0.379 e. The summed E-state index contributed by atoms with van der Waals surface area (Å²) >= 11 is 0. The van der Waals surface area contributed by atoms with E-state index in [1.54, 1.807) is 0 Å². The lowest BCUT2D eigenvalue weighted by Crippen LogP contribution is -2.26. The zero-order valence-electron chi connectivity index (χ0n) is 7.31. The van der Waals surface area contributed by atoms with Crippen LogP contribution < -0.4 is 0 Å². The molecule has 0 N–H and O–H groups in total. The first-order valence-electron chi connectivity index (χ1n) is 4.19. The molecular formula is C8H18OSi. The van der Waals surface area contributed by atoms with E-state index in [9.17, 15) is 0 Å². The van der Waals surface area contributed by atoms with Crippen molar-refractivity contribution in [3.63, 3.8) is 0 Å². The van der Waals surface area contributed by atoms with E-state index in [2.05, 4.69) is 19.6 Å². The van der Waals surface area contributed by atoms with E-state index in [0.29, 0.717) is 6.10 Å². The molecule has 0 aliphatic carbocycles. The van der Waals surface area contributed by atoms with E-state index >= 15 is 0 Å². The summed E-state index contributed by atoms with van der Waals surface area (Å²) in [6, 6.07) is 1.35. The maximum Gasteiger partial charge on any atom is 0.0552 e. The molecule has 0 saturated carbocycles. The molecule has 0 amide bonds. The minimum atomic E-state index is -0.847. The molecule has 1 rings (SSSR count). The summed E-state index contributed by atoms with van der Waals surface area (Å²) in [5.74, 6) is 0. The Kier molecular flexibility index (Phi) is 2.53. The van der Waals surface area contributed by atoms with Crippen molar-refractivity contribution in [2.75, 3.05) is 6.61 Å². The van der Waals surface area contributed by atoms with Crippen LogP contribution >= 0.6 is 0 Å². The van der Waals surface area contributed by atoms with Crippen molar-refractivity contribution in [1.82, 2.24) is 0 Å². The first-order chi connectivity index (χ1) is 4.58. The average Bonchev–Trinajstić information content (AvgIpc) is 2.12. The first-order valence-corrected chi connectivity index (χ1v) is 7.90. The number of hydrogen-bond acceptors (Lipinski definition) is 1. The highest BCUT2D eigenvalue weighted by Gasteiger charge is 2.23. The van der Waals surface area contributed by atoms with Crippen LogP contribution in [0.5, 0.6) is 0 Å². The Hall–Kier alpha value is 0.177. The Morgan fingerprint density at radius 3 is 2.50 bits per heavy atom. The van der Waals surface area contributed by atoms with E-state index in [4.69, 9.17) is 4.74 Å². The molecule has 0 bridgehead atoms. The van der Waals surface area contributed by atoms with Crippen LogP contribution in [0.15, 0.2) is 0 Å². The fraction of sp³-hybridized carbons (Fsp3) is 1.00. The quantitative estimate of drug-likeness (QED) is 0.561. The second kappa shape index (κ2) is 3.05. The van der Waals surface area contributed by atoms with Gasteiger partial charge < -0.3 is 4.74 Å². The van der Waals surface area contributed by atoms with E-state index in [-0.39, 0.29) is 0 Å². The van der Waals surface area contributed by atoms with Gasteiger partial charge in [-0.3, -0.25) is 0 Å². The second-order valence-electron chi connectivity index (χ2n) is 4.40. The van der Waals surface area contributed by atoms with Crippen molar-refractivity contribution in [1.29, 1.82) is 0 Å². The smallest absolute Gasteiger partial charge is 0.0552 e. The van der Waals surface area contributed by atoms with Gasteiger partial charge in [-0.15, -0.1) is 0 Å². The van der Waals surface area contributed by atoms with Crippen molar-refractivity contribution in [2.24, 2.45) is 0 Å². The van der Waals surface area contributed by atoms with E-state index in [1.165, 1.54) is 18.9 Å². The molecule has 1 fully saturated rings. The molecule has 1 aliphatic heterocycles. The van der Waals surface area contributed by atoms with Gasteiger partial charge in [0, 0.05) is 14.7 Å². The van der Waals surface area contributed by atoms with Crippen molar-refractivity contribution < 1.29 is 4.74 Å². The summed E-state index contributed by atoms with van der Waals surface area (Å²) in [5.41, 5.74) is 0. The lowest BCUT2D eigenvalue weighted by molar-refractivity contribution is 0.124.